The number of hydrogen-bond donors (Lipinski definition) is 1. The van der Waals surface area contributed by atoms with Crippen LogP contribution in [0.3, 0.4) is 0 Å². The molecule has 0 fully saturated rings. The summed E-state index contributed by atoms with van der Waals surface area (Å²) >= 11 is 3.40. The highest BCUT2D eigenvalue weighted by atomic mass is 79.9. The van der Waals surface area contributed by atoms with Crippen molar-refractivity contribution in [1.82, 2.24) is 4.98 Å². The molecule has 4 heteroatoms. The molecule has 1 heterocycles. The summed E-state index contributed by atoms with van der Waals surface area (Å²) in [6, 6.07) is 13.0. The van der Waals surface area contributed by atoms with E-state index in [9.17, 15) is 4.79 Å². The van der Waals surface area contributed by atoms with Gasteiger partial charge in [0.2, 0.25) is 0 Å². The molecular formula is C17H11BrN2O. The van der Waals surface area contributed by atoms with Crippen molar-refractivity contribution < 1.29 is 4.79 Å². The maximum atomic E-state index is 12.7. The number of aromatic nitrogens is 1. The third-order valence-corrected chi connectivity index (χ3v) is 3.99. The standard InChI is InChI=1S/C17H11BrN2O/c1-10-2-4-12(18)7-14(10)17(21)15-9-20-16-6-11(8-19)3-5-13(15)16/h2-7,9,20H,1H3. The molecule has 0 aliphatic heterocycles. The largest absolute Gasteiger partial charge is 0.360 e. The number of fused-ring (bicyclic) bond motifs is 1. The summed E-state index contributed by atoms with van der Waals surface area (Å²) in [4.78, 5) is 15.8. The lowest BCUT2D eigenvalue weighted by Crippen LogP contribution is -2.03. The van der Waals surface area contributed by atoms with E-state index in [0.717, 1.165) is 20.9 Å². The van der Waals surface area contributed by atoms with Gasteiger partial charge in [0.25, 0.3) is 0 Å². The minimum absolute atomic E-state index is 0.0234. The summed E-state index contributed by atoms with van der Waals surface area (Å²) in [6.07, 6.45) is 1.70. The second-order valence-corrected chi connectivity index (χ2v) is 5.78. The van der Waals surface area contributed by atoms with E-state index in [4.69, 9.17) is 5.26 Å². The lowest BCUT2D eigenvalue weighted by atomic mass is 9.98. The number of aromatic amines is 1. The Balaban J connectivity index is 2.14. The number of nitriles is 1. The number of carbonyl (C=O) groups is 1. The molecule has 0 atom stereocenters. The predicted octanol–water partition coefficient (Wildman–Crippen LogP) is 4.34. The van der Waals surface area contributed by atoms with Crippen LogP contribution in [0, 0.1) is 18.3 Å². The summed E-state index contributed by atoms with van der Waals surface area (Å²) in [7, 11) is 0. The normalized spacial score (nSPS) is 10.5. The Morgan fingerprint density at radius 1 is 1.19 bits per heavy atom. The van der Waals surface area contributed by atoms with Gasteiger partial charge in [-0.2, -0.15) is 5.26 Å². The Kier molecular flexibility index (Phi) is 3.36. The minimum Gasteiger partial charge on any atom is -0.360 e. The molecule has 1 N–H and O–H groups in total. The van der Waals surface area contributed by atoms with Gasteiger partial charge in [-0.05, 0) is 36.8 Å². The van der Waals surface area contributed by atoms with Gasteiger partial charge in [0.15, 0.2) is 5.78 Å². The van der Waals surface area contributed by atoms with E-state index >= 15 is 0 Å². The molecule has 0 unspecified atom stereocenters. The van der Waals surface area contributed by atoms with Gasteiger partial charge in [-0.25, -0.2) is 0 Å². The van der Waals surface area contributed by atoms with Crippen molar-refractivity contribution in [3.05, 3.63) is 69.3 Å². The zero-order valence-corrected chi connectivity index (χ0v) is 12.9. The zero-order chi connectivity index (χ0) is 15.0. The Morgan fingerprint density at radius 3 is 2.76 bits per heavy atom. The third kappa shape index (κ3) is 2.37. The first-order valence-corrected chi connectivity index (χ1v) is 7.21. The van der Waals surface area contributed by atoms with Gasteiger partial charge in [-0.1, -0.05) is 28.1 Å². The second-order valence-electron chi connectivity index (χ2n) is 4.86. The van der Waals surface area contributed by atoms with Crippen molar-refractivity contribution in [2.75, 3.05) is 0 Å². The average Bonchev–Trinajstić information content (AvgIpc) is 2.91. The van der Waals surface area contributed by atoms with Crippen molar-refractivity contribution >= 4 is 32.6 Å². The number of aryl methyl sites for hydroxylation is 1. The van der Waals surface area contributed by atoms with Crippen LogP contribution in [0.1, 0.15) is 27.0 Å². The smallest absolute Gasteiger partial charge is 0.195 e. The molecule has 0 spiro atoms. The number of carbonyl (C=O) groups excluding carboxylic acids is 1. The Morgan fingerprint density at radius 2 is 2.00 bits per heavy atom. The molecule has 0 saturated carbocycles. The number of benzene rings is 2. The topological polar surface area (TPSA) is 56.6 Å². The Hall–Kier alpha value is -2.38. The van der Waals surface area contributed by atoms with Gasteiger partial charge < -0.3 is 4.98 Å². The van der Waals surface area contributed by atoms with Crippen LogP contribution in [-0.2, 0) is 0 Å². The summed E-state index contributed by atoms with van der Waals surface area (Å²) in [5.74, 6) is -0.0234. The van der Waals surface area contributed by atoms with Crippen molar-refractivity contribution in [2.45, 2.75) is 6.92 Å². The molecule has 0 bridgehead atoms. The van der Waals surface area contributed by atoms with Crippen molar-refractivity contribution in [3.63, 3.8) is 0 Å². The quantitative estimate of drug-likeness (QED) is 0.706. The van der Waals surface area contributed by atoms with Crippen LogP contribution in [0.15, 0.2) is 47.1 Å². The molecule has 0 aliphatic carbocycles. The maximum absolute atomic E-state index is 12.7. The molecule has 3 nitrogen and oxygen atoms in total. The zero-order valence-electron chi connectivity index (χ0n) is 11.3. The number of ketones is 1. The second kappa shape index (κ2) is 5.19. The molecule has 0 amide bonds. The summed E-state index contributed by atoms with van der Waals surface area (Å²) in [5.41, 5.74) is 3.60. The molecule has 2 aromatic carbocycles. The fourth-order valence-corrected chi connectivity index (χ4v) is 2.73. The summed E-state index contributed by atoms with van der Waals surface area (Å²) < 4.78 is 0.878. The van der Waals surface area contributed by atoms with Gasteiger partial charge in [0.1, 0.15) is 0 Å². The van der Waals surface area contributed by atoms with E-state index in [-0.39, 0.29) is 5.78 Å². The van der Waals surface area contributed by atoms with Crippen molar-refractivity contribution in [2.24, 2.45) is 0 Å². The molecular weight excluding hydrogens is 328 g/mol. The first-order chi connectivity index (χ1) is 10.1. The molecule has 1 aromatic heterocycles. The van der Waals surface area contributed by atoms with Crippen LogP contribution < -0.4 is 0 Å². The lowest BCUT2D eigenvalue weighted by Gasteiger charge is -2.05. The highest BCUT2D eigenvalue weighted by molar-refractivity contribution is 9.10. The third-order valence-electron chi connectivity index (χ3n) is 3.50. The summed E-state index contributed by atoms with van der Waals surface area (Å²) in [5, 5.41) is 9.75. The molecule has 21 heavy (non-hydrogen) atoms. The van der Waals surface area contributed by atoms with Crippen molar-refractivity contribution in [1.29, 1.82) is 5.26 Å². The van der Waals surface area contributed by atoms with Gasteiger partial charge in [0.05, 0.1) is 11.6 Å². The fraction of sp³-hybridized carbons (Fsp3) is 0.0588. The van der Waals surface area contributed by atoms with Gasteiger partial charge in [0, 0.05) is 32.7 Å². The first kappa shape index (κ1) is 13.6. The molecule has 0 saturated heterocycles. The number of hydrogen-bond acceptors (Lipinski definition) is 2. The highest BCUT2D eigenvalue weighted by Gasteiger charge is 2.16. The first-order valence-electron chi connectivity index (χ1n) is 6.42. The molecule has 0 radical (unpaired) electrons. The van der Waals surface area contributed by atoms with Crippen LogP contribution in [0.5, 0.6) is 0 Å². The Bertz CT molecular complexity index is 903. The van der Waals surface area contributed by atoms with E-state index in [2.05, 4.69) is 27.0 Å². The predicted molar refractivity (Wildman–Crippen MR) is 85.3 cm³/mol. The maximum Gasteiger partial charge on any atom is 0.195 e. The number of halogens is 1. The van der Waals surface area contributed by atoms with Gasteiger partial charge >= 0.3 is 0 Å². The molecule has 3 aromatic rings. The minimum atomic E-state index is -0.0234. The number of nitrogens with one attached hydrogen (secondary N) is 1. The van der Waals surface area contributed by atoms with Crippen LogP contribution in [0.25, 0.3) is 10.9 Å². The Labute approximate surface area is 130 Å². The number of H-pyrrole nitrogens is 1. The average molecular weight is 339 g/mol. The van der Waals surface area contributed by atoms with Crippen LogP contribution >= 0.6 is 15.9 Å². The molecule has 102 valence electrons. The SMILES string of the molecule is Cc1ccc(Br)cc1C(=O)c1c[nH]c2cc(C#N)ccc12. The highest BCUT2D eigenvalue weighted by Crippen LogP contribution is 2.25. The lowest BCUT2D eigenvalue weighted by molar-refractivity contribution is 0.103. The summed E-state index contributed by atoms with van der Waals surface area (Å²) in [6.45, 7) is 1.92. The molecule has 3 rings (SSSR count). The van der Waals surface area contributed by atoms with Gasteiger partial charge in [-0.3, -0.25) is 4.79 Å². The van der Waals surface area contributed by atoms with Crippen LogP contribution in [0.4, 0.5) is 0 Å². The van der Waals surface area contributed by atoms with E-state index in [0.29, 0.717) is 16.7 Å². The van der Waals surface area contributed by atoms with Gasteiger partial charge in [-0.15, -0.1) is 0 Å². The van der Waals surface area contributed by atoms with E-state index in [1.54, 1.807) is 18.3 Å². The van der Waals surface area contributed by atoms with E-state index in [1.165, 1.54) is 0 Å². The van der Waals surface area contributed by atoms with Crippen LogP contribution in [0.2, 0.25) is 0 Å². The molecule has 0 aliphatic rings. The van der Waals surface area contributed by atoms with Crippen molar-refractivity contribution in [3.8, 4) is 6.07 Å². The fourth-order valence-electron chi connectivity index (χ4n) is 2.37. The van der Waals surface area contributed by atoms with Crippen LogP contribution in [-0.4, -0.2) is 10.8 Å². The monoisotopic (exact) mass is 338 g/mol. The van der Waals surface area contributed by atoms with E-state index < -0.39 is 0 Å². The van der Waals surface area contributed by atoms with E-state index in [1.807, 2.05) is 31.2 Å². The number of rotatable bonds is 2. The number of nitrogens with zero attached hydrogens (tertiary/aromatic N) is 1.